The van der Waals surface area contributed by atoms with Gasteiger partial charge in [0.2, 0.25) is 0 Å². The quantitative estimate of drug-likeness (QED) is 0.273. The average molecular weight is 340 g/mol. The highest BCUT2D eigenvalue weighted by Gasteiger charge is 2.19. The fourth-order valence-electron chi connectivity index (χ4n) is 2.39. The number of carbonyl (C=O) groups is 3. The Labute approximate surface area is 146 Å². The van der Waals surface area contributed by atoms with E-state index in [0.29, 0.717) is 5.56 Å². The lowest BCUT2D eigenvalue weighted by Crippen LogP contribution is -2.17. The topological polar surface area (TPSA) is 69.7 Å². The van der Waals surface area contributed by atoms with Crippen LogP contribution in [0.5, 0.6) is 5.75 Å². The van der Waals surface area contributed by atoms with Crippen molar-refractivity contribution in [2.24, 2.45) is 0 Å². The summed E-state index contributed by atoms with van der Waals surface area (Å²) in [5, 5.41) is 1.65. The van der Waals surface area contributed by atoms with Gasteiger partial charge in [0.05, 0.1) is 6.10 Å². The fraction of sp³-hybridized carbons (Fsp3) is 0.250. The van der Waals surface area contributed by atoms with Crippen LogP contribution in [-0.4, -0.2) is 23.8 Å². The minimum absolute atomic E-state index is 0.0987. The van der Waals surface area contributed by atoms with Gasteiger partial charge in [0.25, 0.3) is 0 Å². The number of ketones is 1. The molecule has 0 saturated heterocycles. The van der Waals surface area contributed by atoms with E-state index in [2.05, 4.69) is 0 Å². The van der Waals surface area contributed by atoms with Crippen LogP contribution in [0.4, 0.5) is 0 Å². The summed E-state index contributed by atoms with van der Waals surface area (Å²) in [6, 6.07) is 10.9. The fourth-order valence-corrected chi connectivity index (χ4v) is 2.39. The summed E-state index contributed by atoms with van der Waals surface area (Å²) in [6.45, 7) is 6.00. The Kier molecular flexibility index (Phi) is 5.70. The van der Waals surface area contributed by atoms with E-state index in [9.17, 15) is 14.4 Å². The molecule has 25 heavy (non-hydrogen) atoms. The van der Waals surface area contributed by atoms with Crippen LogP contribution in [0.3, 0.4) is 0 Å². The molecule has 0 saturated carbocycles. The van der Waals surface area contributed by atoms with Crippen LogP contribution >= 0.6 is 0 Å². The molecule has 0 fully saturated rings. The number of esters is 2. The van der Waals surface area contributed by atoms with E-state index < -0.39 is 17.7 Å². The summed E-state index contributed by atoms with van der Waals surface area (Å²) in [7, 11) is 0. The lowest BCUT2D eigenvalue weighted by molar-refractivity contribution is -0.143. The van der Waals surface area contributed by atoms with Gasteiger partial charge >= 0.3 is 11.9 Å². The van der Waals surface area contributed by atoms with Crippen molar-refractivity contribution < 1.29 is 23.9 Å². The molecule has 0 spiro atoms. The molecule has 2 aromatic rings. The summed E-state index contributed by atoms with van der Waals surface area (Å²) in [4.78, 5) is 35.6. The van der Waals surface area contributed by atoms with Crippen molar-refractivity contribution in [3.63, 3.8) is 0 Å². The van der Waals surface area contributed by atoms with Gasteiger partial charge in [-0.1, -0.05) is 30.3 Å². The normalized spacial score (nSPS) is 11.5. The van der Waals surface area contributed by atoms with Gasteiger partial charge in [0.1, 0.15) is 11.3 Å². The van der Waals surface area contributed by atoms with Gasteiger partial charge in [-0.05, 0) is 43.7 Å². The van der Waals surface area contributed by atoms with Gasteiger partial charge in [-0.2, -0.15) is 0 Å². The Hall–Kier alpha value is -2.95. The molecule has 5 heteroatoms. The predicted octanol–water partition coefficient (Wildman–Crippen LogP) is 3.69. The highest BCUT2D eigenvalue weighted by molar-refractivity contribution is 6.20. The third-order valence-electron chi connectivity index (χ3n) is 3.41. The molecule has 0 unspecified atom stereocenters. The second kappa shape index (κ2) is 7.75. The Morgan fingerprint density at radius 2 is 1.68 bits per heavy atom. The van der Waals surface area contributed by atoms with E-state index in [0.717, 1.165) is 10.8 Å². The highest BCUT2D eigenvalue weighted by atomic mass is 16.5. The first-order valence-electron chi connectivity index (χ1n) is 7.93. The highest BCUT2D eigenvalue weighted by Crippen LogP contribution is 2.31. The van der Waals surface area contributed by atoms with Crippen LogP contribution in [0.2, 0.25) is 0 Å². The standard InChI is InChI=1S/C20H20O5/c1-12(2)24-20(23)17(13(3)21)11-18-16-8-6-5-7-15(16)9-10-19(18)25-14(4)22/h5-12H,1-4H3/b17-11-. The molecular weight excluding hydrogens is 320 g/mol. The number of ether oxygens (including phenoxy) is 2. The van der Waals surface area contributed by atoms with Crippen LogP contribution in [-0.2, 0) is 19.1 Å². The third-order valence-corrected chi connectivity index (χ3v) is 3.41. The van der Waals surface area contributed by atoms with Crippen molar-refractivity contribution in [2.45, 2.75) is 33.8 Å². The lowest BCUT2D eigenvalue weighted by atomic mass is 10.00. The van der Waals surface area contributed by atoms with Crippen LogP contribution in [0.1, 0.15) is 33.3 Å². The zero-order valence-corrected chi connectivity index (χ0v) is 14.7. The van der Waals surface area contributed by atoms with Crippen LogP contribution in [0.15, 0.2) is 42.0 Å². The first kappa shape index (κ1) is 18.4. The molecule has 2 aromatic carbocycles. The average Bonchev–Trinajstić information content (AvgIpc) is 2.52. The van der Waals surface area contributed by atoms with Gasteiger partial charge in [-0.3, -0.25) is 9.59 Å². The van der Waals surface area contributed by atoms with Crippen molar-refractivity contribution >= 4 is 34.6 Å². The van der Waals surface area contributed by atoms with Gasteiger partial charge < -0.3 is 9.47 Å². The second-order valence-electron chi connectivity index (χ2n) is 5.86. The van der Waals surface area contributed by atoms with E-state index in [4.69, 9.17) is 9.47 Å². The molecule has 0 bridgehead atoms. The van der Waals surface area contributed by atoms with Crippen molar-refractivity contribution in [2.75, 3.05) is 0 Å². The number of benzene rings is 2. The summed E-state index contributed by atoms with van der Waals surface area (Å²) in [6.07, 6.45) is 1.07. The van der Waals surface area contributed by atoms with Crippen molar-refractivity contribution in [1.29, 1.82) is 0 Å². The number of fused-ring (bicyclic) bond motifs is 1. The molecular formula is C20H20O5. The summed E-state index contributed by atoms with van der Waals surface area (Å²) >= 11 is 0. The monoisotopic (exact) mass is 340 g/mol. The first-order valence-corrected chi connectivity index (χ1v) is 7.93. The predicted molar refractivity (Wildman–Crippen MR) is 95.1 cm³/mol. The van der Waals surface area contributed by atoms with Gasteiger partial charge in [0.15, 0.2) is 5.78 Å². The molecule has 5 nitrogen and oxygen atoms in total. The van der Waals surface area contributed by atoms with E-state index in [-0.39, 0.29) is 17.4 Å². The Morgan fingerprint density at radius 3 is 2.28 bits per heavy atom. The first-order chi connectivity index (χ1) is 11.8. The largest absolute Gasteiger partial charge is 0.459 e. The molecule has 130 valence electrons. The maximum atomic E-state index is 12.2. The van der Waals surface area contributed by atoms with Crippen molar-refractivity contribution in [1.82, 2.24) is 0 Å². The molecule has 0 heterocycles. The van der Waals surface area contributed by atoms with Crippen molar-refractivity contribution in [3.05, 3.63) is 47.5 Å². The van der Waals surface area contributed by atoms with E-state index in [1.807, 2.05) is 30.3 Å². The number of Topliss-reactive ketones (excluding diaryl/α,β-unsaturated/α-hetero) is 1. The number of rotatable bonds is 5. The summed E-state index contributed by atoms with van der Waals surface area (Å²) < 4.78 is 10.4. The minimum atomic E-state index is -0.704. The zero-order valence-electron chi connectivity index (χ0n) is 14.7. The number of hydrogen-bond donors (Lipinski definition) is 0. The van der Waals surface area contributed by atoms with Crippen LogP contribution < -0.4 is 4.74 Å². The number of hydrogen-bond acceptors (Lipinski definition) is 5. The number of carbonyl (C=O) groups excluding carboxylic acids is 3. The third kappa shape index (κ3) is 4.53. The van der Waals surface area contributed by atoms with Crippen LogP contribution in [0.25, 0.3) is 16.8 Å². The zero-order chi connectivity index (χ0) is 18.6. The van der Waals surface area contributed by atoms with E-state index in [1.54, 1.807) is 19.9 Å². The smallest absolute Gasteiger partial charge is 0.342 e. The van der Waals surface area contributed by atoms with E-state index >= 15 is 0 Å². The van der Waals surface area contributed by atoms with Gasteiger partial charge in [0, 0.05) is 12.5 Å². The van der Waals surface area contributed by atoms with Gasteiger partial charge in [-0.15, -0.1) is 0 Å². The summed E-state index contributed by atoms with van der Waals surface area (Å²) in [5.41, 5.74) is 0.387. The molecule has 0 aliphatic carbocycles. The molecule has 0 aliphatic rings. The van der Waals surface area contributed by atoms with Gasteiger partial charge in [-0.25, -0.2) is 4.79 Å². The maximum absolute atomic E-state index is 12.2. The SMILES string of the molecule is CC(=O)Oc1ccc2ccccc2c1/C=C(/C(C)=O)C(=O)OC(C)C. The molecule has 2 rings (SSSR count). The summed E-state index contributed by atoms with van der Waals surface area (Å²) in [5.74, 6) is -1.34. The molecule has 0 aromatic heterocycles. The Bertz CT molecular complexity index is 862. The molecule has 0 atom stereocenters. The minimum Gasteiger partial charge on any atom is -0.459 e. The van der Waals surface area contributed by atoms with Crippen molar-refractivity contribution in [3.8, 4) is 5.75 Å². The van der Waals surface area contributed by atoms with Crippen LogP contribution in [0, 0.1) is 0 Å². The maximum Gasteiger partial charge on any atom is 0.342 e. The molecule has 0 N–H and O–H groups in total. The second-order valence-corrected chi connectivity index (χ2v) is 5.86. The molecule has 0 radical (unpaired) electrons. The van der Waals surface area contributed by atoms with E-state index in [1.165, 1.54) is 19.9 Å². The Morgan fingerprint density at radius 1 is 1.00 bits per heavy atom. The molecule has 0 amide bonds. The Balaban J connectivity index is 2.68. The lowest BCUT2D eigenvalue weighted by Gasteiger charge is -2.12. The molecule has 0 aliphatic heterocycles.